The number of amides is 3. The van der Waals surface area contributed by atoms with Crippen LogP contribution in [0, 0.1) is 0 Å². The van der Waals surface area contributed by atoms with Crippen LogP contribution in [0.2, 0.25) is 0 Å². The topological polar surface area (TPSA) is 95.9 Å². The summed E-state index contributed by atoms with van der Waals surface area (Å²) in [5.74, 6) is -0.114. The lowest BCUT2D eigenvalue weighted by Gasteiger charge is -2.19. The van der Waals surface area contributed by atoms with Crippen LogP contribution in [-0.4, -0.2) is 51.2 Å². The van der Waals surface area contributed by atoms with E-state index in [4.69, 9.17) is 9.84 Å². The number of benzene rings is 1. The average Bonchev–Trinajstić information content (AvgIpc) is 3.15. The van der Waals surface area contributed by atoms with Crippen molar-refractivity contribution < 1.29 is 24.2 Å². The number of hydrogen-bond donors (Lipinski definition) is 2. The maximum absolute atomic E-state index is 12.4. The van der Waals surface area contributed by atoms with Gasteiger partial charge in [0.05, 0.1) is 12.1 Å². The van der Waals surface area contributed by atoms with Crippen LogP contribution in [-0.2, 0) is 16.1 Å². The van der Waals surface area contributed by atoms with Crippen molar-refractivity contribution in [2.45, 2.75) is 49.6 Å². The number of urea groups is 1. The zero-order chi connectivity index (χ0) is 18.5. The van der Waals surface area contributed by atoms with E-state index in [1.54, 1.807) is 11.8 Å². The molecule has 0 bridgehead atoms. The molecule has 0 radical (unpaired) electrons. The van der Waals surface area contributed by atoms with E-state index >= 15 is 0 Å². The number of unbranched alkanes of at least 4 members (excludes halogenated alkanes) is 1. The van der Waals surface area contributed by atoms with Crippen LogP contribution in [0.3, 0.4) is 0 Å². The highest BCUT2D eigenvalue weighted by Gasteiger charge is 2.50. The Labute approximate surface area is 156 Å². The van der Waals surface area contributed by atoms with Crippen molar-refractivity contribution >= 4 is 29.9 Å². The lowest BCUT2D eigenvalue weighted by molar-refractivity contribution is -0.137. The minimum absolute atomic E-state index is 0.0957. The van der Waals surface area contributed by atoms with Crippen molar-refractivity contribution in [1.82, 2.24) is 10.2 Å². The molecule has 2 aliphatic heterocycles. The molecule has 3 amide bonds. The molecule has 3 rings (SSSR count). The number of ether oxygens (including phenoxy) is 1. The Kier molecular flexibility index (Phi) is 6.03. The van der Waals surface area contributed by atoms with Crippen LogP contribution in [0.1, 0.15) is 31.2 Å². The van der Waals surface area contributed by atoms with Crippen LogP contribution < -0.4 is 5.32 Å². The van der Waals surface area contributed by atoms with Gasteiger partial charge in [0.1, 0.15) is 6.61 Å². The van der Waals surface area contributed by atoms with Crippen molar-refractivity contribution in [1.29, 1.82) is 0 Å². The molecule has 2 fully saturated rings. The molecule has 0 aromatic heterocycles. The molecule has 2 heterocycles. The lowest BCUT2D eigenvalue weighted by Crippen LogP contribution is -2.41. The fourth-order valence-corrected chi connectivity index (χ4v) is 4.95. The smallest absolute Gasteiger partial charge is 0.418 e. The fraction of sp³-hybridized carbons (Fsp3) is 0.500. The SMILES string of the molecule is O=C(O)CCCC[C@@H]1SC[C@H]2[C@@H]1NC(=O)N2C(=O)OCc1ccccc1. The van der Waals surface area contributed by atoms with E-state index in [2.05, 4.69) is 5.32 Å². The summed E-state index contributed by atoms with van der Waals surface area (Å²) in [6, 6.07) is 8.62. The summed E-state index contributed by atoms with van der Waals surface area (Å²) in [6.07, 6.45) is 1.79. The van der Waals surface area contributed by atoms with Gasteiger partial charge in [0, 0.05) is 17.4 Å². The number of thioether (sulfide) groups is 1. The van der Waals surface area contributed by atoms with E-state index in [1.165, 1.54) is 4.90 Å². The molecule has 3 atom stereocenters. The number of hydrogen-bond acceptors (Lipinski definition) is 5. The second-order valence-electron chi connectivity index (χ2n) is 6.46. The van der Waals surface area contributed by atoms with Gasteiger partial charge in [-0.1, -0.05) is 36.8 Å². The molecule has 1 aromatic carbocycles. The predicted molar refractivity (Wildman–Crippen MR) is 96.9 cm³/mol. The Balaban J connectivity index is 1.51. The van der Waals surface area contributed by atoms with E-state index < -0.39 is 18.1 Å². The maximum Gasteiger partial charge on any atom is 0.418 e. The molecule has 1 aromatic rings. The number of carboxylic acids is 1. The highest BCUT2D eigenvalue weighted by molar-refractivity contribution is 8.00. The van der Waals surface area contributed by atoms with Crippen LogP contribution in [0.25, 0.3) is 0 Å². The van der Waals surface area contributed by atoms with Gasteiger partial charge in [-0.15, -0.1) is 0 Å². The van der Waals surface area contributed by atoms with Crippen molar-refractivity contribution in [3.8, 4) is 0 Å². The van der Waals surface area contributed by atoms with Crippen molar-refractivity contribution in [3.05, 3.63) is 35.9 Å². The number of carboxylic acid groups (broad SMARTS) is 1. The molecule has 2 saturated heterocycles. The van der Waals surface area contributed by atoms with Crippen molar-refractivity contribution in [3.63, 3.8) is 0 Å². The third-order valence-electron chi connectivity index (χ3n) is 4.67. The van der Waals surface area contributed by atoms with Gasteiger partial charge in [-0.05, 0) is 18.4 Å². The molecule has 2 N–H and O–H groups in total. The molecule has 26 heavy (non-hydrogen) atoms. The first kappa shape index (κ1) is 18.6. The monoisotopic (exact) mass is 378 g/mol. The summed E-state index contributed by atoms with van der Waals surface area (Å²) in [7, 11) is 0. The average molecular weight is 378 g/mol. The number of nitrogens with zero attached hydrogens (tertiary/aromatic N) is 1. The number of rotatable bonds is 7. The first-order valence-electron chi connectivity index (χ1n) is 8.70. The van der Waals surface area contributed by atoms with E-state index in [1.807, 2.05) is 30.3 Å². The first-order chi connectivity index (χ1) is 12.6. The Morgan fingerprint density at radius 1 is 1.27 bits per heavy atom. The van der Waals surface area contributed by atoms with Gasteiger partial charge in [-0.2, -0.15) is 11.8 Å². The van der Waals surface area contributed by atoms with Gasteiger partial charge in [0.15, 0.2) is 0 Å². The number of imide groups is 1. The maximum atomic E-state index is 12.4. The Hall–Kier alpha value is -2.22. The molecule has 0 spiro atoms. The lowest BCUT2D eigenvalue weighted by atomic mass is 10.0. The molecule has 140 valence electrons. The zero-order valence-corrected chi connectivity index (χ0v) is 15.1. The molecule has 0 unspecified atom stereocenters. The highest BCUT2D eigenvalue weighted by atomic mass is 32.2. The Bertz CT molecular complexity index is 669. The van der Waals surface area contributed by atoms with Gasteiger partial charge in [0.2, 0.25) is 0 Å². The standard InChI is InChI=1S/C18H22N2O5S/c21-15(22)9-5-4-8-14-16-13(11-26-14)20(17(23)19-16)18(24)25-10-12-6-2-1-3-7-12/h1-3,6-7,13-14,16H,4-5,8-11H2,(H,19,23)(H,21,22)/t13-,14-,16-/m0/s1. The molecule has 0 saturated carbocycles. The molecular weight excluding hydrogens is 356 g/mol. The minimum atomic E-state index is -0.788. The predicted octanol–water partition coefficient (Wildman–Crippen LogP) is 2.85. The summed E-state index contributed by atoms with van der Waals surface area (Å²) in [6.45, 7) is 0.132. The van der Waals surface area contributed by atoms with Crippen LogP contribution in [0.15, 0.2) is 30.3 Å². The van der Waals surface area contributed by atoms with Gasteiger partial charge in [-0.3, -0.25) is 4.79 Å². The Morgan fingerprint density at radius 3 is 2.77 bits per heavy atom. The van der Waals surface area contributed by atoms with E-state index in [-0.39, 0.29) is 30.4 Å². The third-order valence-corrected chi connectivity index (χ3v) is 6.16. The summed E-state index contributed by atoms with van der Waals surface area (Å²) < 4.78 is 5.30. The number of carbonyl (C=O) groups excluding carboxylic acids is 2. The largest absolute Gasteiger partial charge is 0.481 e. The molecule has 8 heteroatoms. The summed E-state index contributed by atoms with van der Waals surface area (Å²) in [4.78, 5) is 36.4. The second kappa shape index (κ2) is 8.44. The van der Waals surface area contributed by atoms with Crippen molar-refractivity contribution in [2.75, 3.05) is 5.75 Å². The van der Waals surface area contributed by atoms with E-state index in [0.717, 1.165) is 18.4 Å². The molecule has 7 nitrogen and oxygen atoms in total. The molecule has 0 aliphatic carbocycles. The summed E-state index contributed by atoms with van der Waals surface area (Å²) in [5, 5.41) is 11.8. The summed E-state index contributed by atoms with van der Waals surface area (Å²) >= 11 is 1.72. The number of nitrogens with one attached hydrogen (secondary N) is 1. The first-order valence-corrected chi connectivity index (χ1v) is 9.75. The van der Waals surface area contributed by atoms with Gasteiger partial charge in [-0.25, -0.2) is 14.5 Å². The van der Waals surface area contributed by atoms with Crippen LogP contribution in [0.5, 0.6) is 0 Å². The normalized spacial score (nSPS) is 24.2. The van der Waals surface area contributed by atoms with Gasteiger partial charge in [0.25, 0.3) is 0 Å². The quantitative estimate of drug-likeness (QED) is 0.559. The fourth-order valence-electron chi connectivity index (χ4n) is 3.36. The zero-order valence-electron chi connectivity index (χ0n) is 14.3. The number of fused-ring (bicyclic) bond motifs is 1. The van der Waals surface area contributed by atoms with Crippen LogP contribution >= 0.6 is 11.8 Å². The molecular formula is C18H22N2O5S. The summed E-state index contributed by atoms with van der Waals surface area (Å²) in [5.41, 5.74) is 0.870. The van der Waals surface area contributed by atoms with Gasteiger partial charge >= 0.3 is 18.1 Å². The number of aliphatic carboxylic acids is 1. The van der Waals surface area contributed by atoms with E-state index in [9.17, 15) is 14.4 Å². The second-order valence-corrected chi connectivity index (χ2v) is 7.74. The van der Waals surface area contributed by atoms with Crippen LogP contribution in [0.4, 0.5) is 9.59 Å². The minimum Gasteiger partial charge on any atom is -0.481 e. The molecule has 2 aliphatic rings. The Morgan fingerprint density at radius 2 is 2.04 bits per heavy atom. The highest BCUT2D eigenvalue weighted by Crippen LogP contribution is 2.37. The van der Waals surface area contributed by atoms with E-state index in [0.29, 0.717) is 12.2 Å². The number of carbonyl (C=O) groups is 3. The third kappa shape index (κ3) is 4.30. The van der Waals surface area contributed by atoms with Crippen molar-refractivity contribution in [2.24, 2.45) is 0 Å². The van der Waals surface area contributed by atoms with Gasteiger partial charge < -0.3 is 15.2 Å².